The van der Waals surface area contributed by atoms with Crippen LogP contribution < -0.4 is 0 Å². The van der Waals surface area contributed by atoms with Crippen molar-refractivity contribution in [2.45, 2.75) is 40.9 Å². The highest BCUT2D eigenvalue weighted by molar-refractivity contribution is 6.16. The summed E-state index contributed by atoms with van der Waals surface area (Å²) in [7, 11) is 0. The zero-order valence-corrected chi connectivity index (χ0v) is 12.1. The molecule has 0 saturated carbocycles. The van der Waals surface area contributed by atoms with Gasteiger partial charge in [0.2, 0.25) is 0 Å². The van der Waals surface area contributed by atoms with Crippen molar-refractivity contribution >= 4 is 23.1 Å². The summed E-state index contributed by atoms with van der Waals surface area (Å²) in [6, 6.07) is 1.76. The molecule has 5 heteroatoms. The molecular weight excluding hydrogens is 282 g/mol. The van der Waals surface area contributed by atoms with Crippen LogP contribution in [0.1, 0.15) is 80.8 Å². The molecule has 114 valence electrons. The average Bonchev–Trinajstić information content (AvgIpc) is 2.66. The van der Waals surface area contributed by atoms with Crippen LogP contribution >= 0.6 is 0 Å². The first-order valence-corrected chi connectivity index (χ1v) is 6.16. The van der Waals surface area contributed by atoms with E-state index in [1.165, 1.54) is 6.92 Å². The molecule has 0 fully saturated rings. The van der Waals surface area contributed by atoms with Gasteiger partial charge in [-0.25, -0.2) is 0 Å². The van der Waals surface area contributed by atoms with E-state index in [0.717, 1.165) is 0 Å². The van der Waals surface area contributed by atoms with E-state index >= 15 is 0 Å². The molecule has 5 nitrogen and oxygen atoms in total. The molecule has 0 spiro atoms. The molecule has 0 aromatic heterocycles. The number of nitriles is 1. The first-order chi connectivity index (χ1) is 12.3. The van der Waals surface area contributed by atoms with E-state index < -0.39 is 61.9 Å². The lowest BCUT2D eigenvalue weighted by Crippen LogP contribution is -2.19. The number of hydrogen-bond acceptors (Lipinski definition) is 5. The minimum absolute atomic E-state index is 0.0416. The minimum Gasteiger partial charge on any atom is -0.300 e. The molecule has 0 bridgehead atoms. The van der Waals surface area contributed by atoms with Gasteiger partial charge in [0.15, 0.2) is 17.3 Å². The lowest BCUT2D eigenvalue weighted by molar-refractivity contribution is -0.116. The largest absolute Gasteiger partial charge is 0.300 e. The van der Waals surface area contributed by atoms with Crippen molar-refractivity contribution < 1.29 is 24.7 Å². The molecule has 0 amide bonds. The van der Waals surface area contributed by atoms with E-state index in [9.17, 15) is 24.4 Å². The van der Waals surface area contributed by atoms with Crippen molar-refractivity contribution in [3.63, 3.8) is 0 Å². The second kappa shape index (κ2) is 6.44. The molecule has 0 N–H and O–H groups in total. The summed E-state index contributed by atoms with van der Waals surface area (Å²) in [5, 5.41) is 9.52. The smallest absolute Gasteiger partial charge is 0.161 e. The molecule has 1 rings (SSSR count). The molecule has 0 aliphatic rings. The lowest BCUT2D eigenvalue weighted by atomic mass is 9.82. The highest BCUT2D eigenvalue weighted by atomic mass is 16.1. The summed E-state index contributed by atoms with van der Waals surface area (Å²) in [6.45, 7) is -1.49. The summed E-state index contributed by atoms with van der Waals surface area (Å²) in [6.07, 6.45) is -0.385. The SMILES string of the molecule is [2H]CC(=O)Cc1c(C)c(C(=O)C[2H])c(C(=O)C[2H])c(C(=O)C[2H])c1C#N. The molecule has 0 unspecified atom stereocenters. The minimum atomic E-state index is -0.892. The van der Waals surface area contributed by atoms with Crippen LogP contribution in [0.4, 0.5) is 0 Å². The van der Waals surface area contributed by atoms with Gasteiger partial charge in [0.25, 0.3) is 0 Å². The molecule has 0 aliphatic carbocycles. The van der Waals surface area contributed by atoms with Gasteiger partial charge in [0, 0.05) is 28.6 Å². The summed E-state index contributed by atoms with van der Waals surface area (Å²) in [5.74, 6) is -3.12. The van der Waals surface area contributed by atoms with Gasteiger partial charge in [-0.1, -0.05) is 0 Å². The van der Waals surface area contributed by atoms with Crippen LogP contribution in [-0.2, 0) is 11.2 Å². The van der Waals surface area contributed by atoms with Crippen LogP contribution in [0.2, 0.25) is 0 Å². The molecule has 0 heterocycles. The molecule has 0 atom stereocenters. The van der Waals surface area contributed by atoms with Crippen molar-refractivity contribution in [2.24, 2.45) is 0 Å². The zero-order valence-electron chi connectivity index (χ0n) is 16.1. The first kappa shape index (κ1) is 12.0. The van der Waals surface area contributed by atoms with Gasteiger partial charge < -0.3 is 0 Å². The third-order valence-corrected chi connectivity index (χ3v) is 3.20. The van der Waals surface area contributed by atoms with Crippen LogP contribution in [0.25, 0.3) is 0 Å². The molecule has 0 aliphatic heterocycles. The average molecular weight is 303 g/mol. The van der Waals surface area contributed by atoms with Gasteiger partial charge in [-0.2, -0.15) is 5.26 Å². The fourth-order valence-corrected chi connectivity index (χ4v) is 2.37. The fraction of sp³-hybridized carbons (Fsp3) is 0.353. The summed E-state index contributed by atoms with van der Waals surface area (Å²) in [5.41, 5.74) is -1.28. The Labute approximate surface area is 134 Å². The van der Waals surface area contributed by atoms with E-state index in [1.54, 1.807) is 6.07 Å². The number of rotatable bonds is 5. The Hall–Kier alpha value is -2.61. The van der Waals surface area contributed by atoms with Crippen LogP contribution in [-0.4, -0.2) is 23.1 Å². The summed E-state index contributed by atoms with van der Waals surface area (Å²) < 4.78 is 29.1. The molecule has 0 radical (unpaired) electrons. The van der Waals surface area contributed by atoms with Crippen molar-refractivity contribution in [1.82, 2.24) is 0 Å². The lowest BCUT2D eigenvalue weighted by Gasteiger charge is -2.18. The van der Waals surface area contributed by atoms with Crippen LogP contribution in [0.5, 0.6) is 0 Å². The van der Waals surface area contributed by atoms with Gasteiger partial charge in [0.1, 0.15) is 11.9 Å². The molecule has 0 saturated heterocycles. The Balaban J connectivity index is 4.12. The maximum absolute atomic E-state index is 12.3. The number of carbonyl (C=O) groups excluding carboxylic acids is 4. The van der Waals surface area contributed by atoms with Crippen molar-refractivity contribution in [2.75, 3.05) is 0 Å². The summed E-state index contributed by atoms with van der Waals surface area (Å²) >= 11 is 0. The second-order valence-electron chi connectivity index (χ2n) is 4.70. The van der Waals surface area contributed by atoms with E-state index in [4.69, 9.17) is 5.48 Å². The van der Waals surface area contributed by atoms with Gasteiger partial charge in [-0.3, -0.25) is 19.2 Å². The second-order valence-corrected chi connectivity index (χ2v) is 4.70. The van der Waals surface area contributed by atoms with Gasteiger partial charge >= 0.3 is 0 Å². The number of ketones is 4. The maximum Gasteiger partial charge on any atom is 0.161 e. The number of hydrogen-bond donors (Lipinski definition) is 0. The normalized spacial score (nSPS) is 12.4. The Morgan fingerprint density at radius 3 is 2.00 bits per heavy atom. The maximum atomic E-state index is 12.3. The number of nitrogens with zero attached hydrogens (tertiary/aromatic N) is 1. The third kappa shape index (κ3) is 3.01. The van der Waals surface area contributed by atoms with Crippen LogP contribution in [0.3, 0.4) is 0 Å². The Morgan fingerprint density at radius 2 is 1.50 bits per heavy atom. The molecular formula is C17H17NO4. The Bertz CT molecular complexity index is 827. The highest BCUT2D eigenvalue weighted by Crippen LogP contribution is 2.30. The van der Waals surface area contributed by atoms with Crippen molar-refractivity contribution in [1.29, 1.82) is 5.26 Å². The number of carbonyl (C=O) groups is 4. The fourth-order valence-electron chi connectivity index (χ4n) is 2.37. The quantitative estimate of drug-likeness (QED) is 0.779. The van der Waals surface area contributed by atoms with Crippen LogP contribution in [0, 0.1) is 18.3 Å². The van der Waals surface area contributed by atoms with Crippen LogP contribution in [0.15, 0.2) is 0 Å². The van der Waals surface area contributed by atoms with Gasteiger partial charge in [-0.15, -0.1) is 0 Å². The summed E-state index contributed by atoms with van der Waals surface area (Å²) in [4.78, 5) is 48.6. The molecule has 1 aromatic carbocycles. The Morgan fingerprint density at radius 1 is 0.955 bits per heavy atom. The number of benzene rings is 1. The van der Waals surface area contributed by atoms with Crippen molar-refractivity contribution in [3.8, 4) is 6.07 Å². The predicted molar refractivity (Wildman–Crippen MR) is 80.3 cm³/mol. The van der Waals surface area contributed by atoms with Gasteiger partial charge in [-0.05, 0) is 45.6 Å². The van der Waals surface area contributed by atoms with E-state index in [-0.39, 0.29) is 28.7 Å². The predicted octanol–water partition coefficient (Wildman–Crippen LogP) is 2.61. The van der Waals surface area contributed by atoms with Crippen molar-refractivity contribution in [3.05, 3.63) is 33.4 Å². The topological polar surface area (TPSA) is 92.1 Å². The third-order valence-electron chi connectivity index (χ3n) is 3.20. The first-order valence-electron chi connectivity index (χ1n) is 8.99. The molecule has 1 aromatic rings. The number of Topliss-reactive ketones (excluding diaryl/α,β-unsaturated/α-hetero) is 4. The standard InChI is InChI=1S/C17H17NO4/c1-8(19)6-13-9(2)15(10(3)20)17(12(5)22)16(11(4)21)14(13)7-18/h6H2,1-5H3/i1D,3D,4D,5D. The molecule has 22 heavy (non-hydrogen) atoms. The highest BCUT2D eigenvalue weighted by Gasteiger charge is 2.28. The van der Waals surface area contributed by atoms with Gasteiger partial charge in [0.05, 0.1) is 5.56 Å². The zero-order chi connectivity index (χ0) is 20.0. The van der Waals surface area contributed by atoms with E-state index in [0.29, 0.717) is 0 Å². The Kier molecular flexibility index (Phi) is 3.51. The van der Waals surface area contributed by atoms with E-state index in [2.05, 4.69) is 0 Å². The van der Waals surface area contributed by atoms with E-state index in [1.807, 2.05) is 0 Å². The monoisotopic (exact) mass is 303 g/mol.